The van der Waals surface area contributed by atoms with Crippen LogP contribution in [-0.4, -0.2) is 35.4 Å². The number of nitrogens with one attached hydrogen (secondary N) is 1. The van der Waals surface area contributed by atoms with Crippen molar-refractivity contribution < 1.29 is 14.3 Å². The van der Waals surface area contributed by atoms with Crippen molar-refractivity contribution in [2.24, 2.45) is 7.05 Å². The van der Waals surface area contributed by atoms with Crippen LogP contribution in [0.5, 0.6) is 5.75 Å². The van der Waals surface area contributed by atoms with Crippen molar-refractivity contribution in [2.75, 3.05) is 19.8 Å². The quantitative estimate of drug-likeness (QED) is 0.646. The Kier molecular flexibility index (Phi) is 7.46. The van der Waals surface area contributed by atoms with Gasteiger partial charge in [0.15, 0.2) is 0 Å². The topological polar surface area (TPSA) is 65.4 Å². The fourth-order valence-corrected chi connectivity index (χ4v) is 3.14. The second-order valence-corrected chi connectivity index (χ2v) is 6.26. The van der Waals surface area contributed by atoms with Crippen molar-refractivity contribution in [1.82, 2.24) is 15.1 Å². The van der Waals surface area contributed by atoms with E-state index < -0.39 is 0 Å². The van der Waals surface area contributed by atoms with Crippen LogP contribution in [-0.2, 0) is 24.8 Å². The highest BCUT2D eigenvalue weighted by Gasteiger charge is 2.18. The molecule has 0 aliphatic heterocycles. The monoisotopic (exact) mass is 409 g/mol. The lowest BCUT2D eigenvalue weighted by molar-refractivity contribution is 0.0936. The van der Waals surface area contributed by atoms with E-state index in [1.54, 1.807) is 11.7 Å². The summed E-state index contributed by atoms with van der Waals surface area (Å²) < 4.78 is 13.3. The first-order valence-electron chi connectivity index (χ1n) is 8.35. The molecule has 0 spiro atoms. The van der Waals surface area contributed by atoms with Gasteiger partial charge < -0.3 is 14.8 Å². The third kappa shape index (κ3) is 5.31. The molecule has 0 saturated heterocycles. The highest BCUT2D eigenvalue weighted by Crippen LogP contribution is 2.21. The van der Waals surface area contributed by atoms with E-state index >= 15 is 0 Å². The average Bonchev–Trinajstić information content (AvgIpc) is 2.91. The number of hydrogen-bond donors (Lipinski definition) is 1. The van der Waals surface area contributed by atoms with Crippen molar-refractivity contribution in [3.05, 3.63) is 45.7 Å². The molecule has 1 heterocycles. The Hall–Kier alpha value is -1.86. The Morgan fingerprint density at radius 2 is 2.00 bits per heavy atom. The number of aromatic nitrogens is 2. The Balaban J connectivity index is 1.79. The van der Waals surface area contributed by atoms with Crippen LogP contribution >= 0.6 is 15.9 Å². The number of hydrogen-bond acceptors (Lipinski definition) is 4. The Labute approximate surface area is 156 Å². The number of carbonyl (C=O) groups excluding carboxylic acids is 1. The molecule has 1 amide bonds. The van der Waals surface area contributed by atoms with Gasteiger partial charge in [-0.25, -0.2) is 0 Å². The fourth-order valence-electron chi connectivity index (χ4n) is 2.35. The van der Waals surface area contributed by atoms with Gasteiger partial charge in [-0.1, -0.05) is 19.1 Å². The minimum atomic E-state index is -0.169. The molecule has 0 atom stereocenters. The molecule has 2 aromatic rings. The molecule has 136 valence electrons. The van der Waals surface area contributed by atoms with E-state index in [4.69, 9.17) is 9.47 Å². The molecule has 0 saturated carbocycles. The molecule has 0 aliphatic carbocycles. The second kappa shape index (κ2) is 9.58. The molecule has 1 N–H and O–H groups in total. The van der Waals surface area contributed by atoms with Gasteiger partial charge in [-0.2, -0.15) is 5.10 Å². The maximum Gasteiger partial charge on any atom is 0.270 e. The molecule has 6 nitrogen and oxygen atoms in total. The van der Waals surface area contributed by atoms with Crippen molar-refractivity contribution in [3.63, 3.8) is 0 Å². The van der Waals surface area contributed by atoms with Gasteiger partial charge in [0.1, 0.15) is 18.1 Å². The van der Waals surface area contributed by atoms with Gasteiger partial charge >= 0.3 is 0 Å². The van der Waals surface area contributed by atoms with Gasteiger partial charge in [0.25, 0.3) is 5.91 Å². The molecular formula is C18H24BrN3O3. The number of rotatable bonds is 9. The Morgan fingerprint density at radius 3 is 2.60 bits per heavy atom. The van der Waals surface area contributed by atoms with Crippen molar-refractivity contribution in [3.8, 4) is 5.75 Å². The first-order chi connectivity index (χ1) is 12.1. The molecule has 2 rings (SSSR count). The molecule has 25 heavy (non-hydrogen) atoms. The van der Waals surface area contributed by atoms with Crippen LogP contribution in [0.3, 0.4) is 0 Å². The lowest BCUT2D eigenvalue weighted by atomic mass is 10.2. The van der Waals surface area contributed by atoms with E-state index in [0.29, 0.717) is 32.1 Å². The van der Waals surface area contributed by atoms with Gasteiger partial charge in [-0.3, -0.25) is 9.48 Å². The van der Waals surface area contributed by atoms with E-state index in [1.165, 1.54) is 0 Å². The summed E-state index contributed by atoms with van der Waals surface area (Å²) in [5.74, 6) is 0.599. The first kappa shape index (κ1) is 19.5. The van der Waals surface area contributed by atoms with Gasteiger partial charge in [0.05, 0.1) is 23.3 Å². The van der Waals surface area contributed by atoms with Crippen LogP contribution in [0.25, 0.3) is 0 Å². The smallest absolute Gasteiger partial charge is 0.270 e. The zero-order chi connectivity index (χ0) is 18.2. The summed E-state index contributed by atoms with van der Waals surface area (Å²) in [5.41, 5.74) is 2.50. The molecule has 7 heteroatoms. The van der Waals surface area contributed by atoms with Gasteiger partial charge in [-0.05, 0) is 47.0 Å². The molecule has 0 bridgehead atoms. The maximum absolute atomic E-state index is 12.3. The number of carbonyl (C=O) groups is 1. The minimum Gasteiger partial charge on any atom is -0.492 e. The van der Waals surface area contributed by atoms with Gasteiger partial charge in [0.2, 0.25) is 0 Å². The number of ether oxygens (including phenoxy) is 2. The highest BCUT2D eigenvalue weighted by molar-refractivity contribution is 9.10. The molecule has 1 aromatic heterocycles. The van der Waals surface area contributed by atoms with Crippen LogP contribution in [0.4, 0.5) is 0 Å². The summed E-state index contributed by atoms with van der Waals surface area (Å²) in [6.45, 7) is 6.09. The predicted molar refractivity (Wildman–Crippen MR) is 99.9 cm³/mol. The Bertz CT molecular complexity index is 698. The molecular weight excluding hydrogens is 386 g/mol. The molecule has 0 unspecified atom stereocenters. The maximum atomic E-state index is 12.3. The third-order valence-corrected chi connectivity index (χ3v) is 4.49. The summed E-state index contributed by atoms with van der Waals surface area (Å²) >= 11 is 3.45. The van der Waals surface area contributed by atoms with E-state index in [2.05, 4.69) is 26.3 Å². The Morgan fingerprint density at radius 1 is 1.28 bits per heavy atom. The largest absolute Gasteiger partial charge is 0.492 e. The lowest BCUT2D eigenvalue weighted by Crippen LogP contribution is -2.30. The van der Waals surface area contributed by atoms with Crippen LogP contribution in [0.15, 0.2) is 28.7 Å². The van der Waals surface area contributed by atoms with E-state index in [0.717, 1.165) is 27.9 Å². The van der Waals surface area contributed by atoms with E-state index in [9.17, 15) is 4.79 Å². The summed E-state index contributed by atoms with van der Waals surface area (Å²) in [6.07, 6.45) is 0.768. The molecule has 0 fully saturated rings. The summed E-state index contributed by atoms with van der Waals surface area (Å²) in [7, 11) is 1.76. The minimum absolute atomic E-state index is 0.169. The highest BCUT2D eigenvalue weighted by atomic mass is 79.9. The molecule has 1 aromatic carbocycles. The normalized spacial score (nSPS) is 10.7. The number of nitrogens with zero attached hydrogens (tertiary/aromatic N) is 2. The van der Waals surface area contributed by atoms with Crippen LogP contribution < -0.4 is 10.1 Å². The molecule has 0 radical (unpaired) electrons. The number of benzene rings is 1. The first-order valence-corrected chi connectivity index (χ1v) is 9.15. The number of halogens is 1. The average molecular weight is 410 g/mol. The third-order valence-electron chi connectivity index (χ3n) is 3.66. The molecule has 0 aliphatic rings. The van der Waals surface area contributed by atoms with Gasteiger partial charge in [0, 0.05) is 13.7 Å². The van der Waals surface area contributed by atoms with E-state index in [-0.39, 0.29) is 5.91 Å². The predicted octanol–water partition coefficient (Wildman–Crippen LogP) is 3.09. The van der Waals surface area contributed by atoms with Crippen LogP contribution in [0.1, 0.15) is 35.6 Å². The van der Waals surface area contributed by atoms with E-state index in [1.807, 2.05) is 38.1 Å². The SMILES string of the molecule is CCOCc1ccc(OCCNC(=O)c2c(Br)c(CC)nn2C)cc1. The van der Waals surface area contributed by atoms with Crippen molar-refractivity contribution in [2.45, 2.75) is 26.9 Å². The summed E-state index contributed by atoms with van der Waals surface area (Å²) in [5, 5.41) is 7.18. The second-order valence-electron chi connectivity index (χ2n) is 5.47. The van der Waals surface area contributed by atoms with Gasteiger partial charge in [-0.15, -0.1) is 0 Å². The number of aryl methyl sites for hydroxylation is 2. The van der Waals surface area contributed by atoms with Crippen LogP contribution in [0, 0.1) is 0 Å². The zero-order valence-corrected chi connectivity index (χ0v) is 16.4. The van der Waals surface area contributed by atoms with Crippen LogP contribution in [0.2, 0.25) is 0 Å². The zero-order valence-electron chi connectivity index (χ0n) is 14.8. The van der Waals surface area contributed by atoms with Crippen molar-refractivity contribution >= 4 is 21.8 Å². The summed E-state index contributed by atoms with van der Waals surface area (Å²) in [4.78, 5) is 12.3. The van der Waals surface area contributed by atoms with Crippen molar-refractivity contribution in [1.29, 1.82) is 0 Å². The lowest BCUT2D eigenvalue weighted by Gasteiger charge is -2.09. The summed E-state index contributed by atoms with van der Waals surface area (Å²) in [6, 6.07) is 7.76. The standard InChI is InChI=1S/C18H24BrN3O3/c1-4-15-16(19)17(22(3)21-15)18(23)20-10-11-25-14-8-6-13(7-9-14)12-24-5-2/h6-9H,4-5,10-12H2,1-3H3,(H,20,23). The fraction of sp³-hybridized carbons (Fsp3) is 0.444. The number of amides is 1.